The van der Waals surface area contributed by atoms with Crippen molar-refractivity contribution in [2.45, 2.75) is 12.6 Å². The molecule has 1 aliphatic rings. The maximum atomic E-state index is 12.7. The van der Waals surface area contributed by atoms with E-state index in [2.05, 4.69) is 15.6 Å². The van der Waals surface area contributed by atoms with Gasteiger partial charge in [0, 0.05) is 33.3 Å². The van der Waals surface area contributed by atoms with E-state index in [4.69, 9.17) is 4.74 Å². The van der Waals surface area contributed by atoms with Gasteiger partial charge in [0.2, 0.25) is 11.9 Å². The highest BCUT2D eigenvalue weighted by Gasteiger charge is 2.25. The zero-order valence-corrected chi connectivity index (χ0v) is 14.2. The normalized spacial score (nSPS) is 16.7. The average Bonchev–Trinajstić information content (AvgIpc) is 2.80. The van der Waals surface area contributed by atoms with Crippen LogP contribution in [0.3, 0.4) is 0 Å². The van der Waals surface area contributed by atoms with Gasteiger partial charge in [-0.15, -0.1) is 0 Å². The summed E-state index contributed by atoms with van der Waals surface area (Å²) in [6.07, 6.45) is 1.78. The van der Waals surface area contributed by atoms with Gasteiger partial charge in [-0.3, -0.25) is 10.1 Å². The summed E-state index contributed by atoms with van der Waals surface area (Å²) in [7, 11) is 5.82. The van der Waals surface area contributed by atoms with Gasteiger partial charge in [0.25, 0.3) is 0 Å². The molecule has 0 spiro atoms. The first-order valence-corrected chi connectivity index (χ1v) is 7.98. The molecule has 128 valence electrons. The molecule has 7 heteroatoms. The van der Waals surface area contributed by atoms with Gasteiger partial charge >= 0.3 is 0 Å². The third-order valence-electron chi connectivity index (χ3n) is 4.10. The molecule has 2 aromatic rings. The fraction of sp³-hybridized carbons (Fsp3) is 0.412. The maximum absolute atomic E-state index is 12.7. The second-order valence-corrected chi connectivity index (χ2v) is 5.99. The molecule has 7 nitrogen and oxygen atoms in total. The molecule has 0 fully saturated rings. The molecule has 3 rings (SSSR count). The summed E-state index contributed by atoms with van der Waals surface area (Å²) in [4.78, 5) is 19.0. The first kappa shape index (κ1) is 16.3. The zero-order valence-electron chi connectivity index (χ0n) is 14.2. The highest BCUT2D eigenvalue weighted by atomic mass is 16.5. The number of aromatic nitrogens is 2. The van der Waals surface area contributed by atoms with Crippen molar-refractivity contribution >= 4 is 11.9 Å². The number of benzene rings is 1. The monoisotopic (exact) mass is 329 g/mol. The Morgan fingerprint density at radius 1 is 1.46 bits per heavy atom. The van der Waals surface area contributed by atoms with E-state index >= 15 is 0 Å². The summed E-state index contributed by atoms with van der Waals surface area (Å²) in [6.45, 7) is 1.61. The lowest BCUT2D eigenvalue weighted by molar-refractivity contribution is -0.123. The van der Waals surface area contributed by atoms with E-state index in [1.807, 2.05) is 54.9 Å². The molecule has 0 radical (unpaired) electrons. The minimum atomic E-state index is -0.412. The molecule has 0 bridgehead atoms. The third-order valence-corrected chi connectivity index (χ3v) is 4.10. The van der Waals surface area contributed by atoms with Gasteiger partial charge in [-0.25, -0.2) is 4.98 Å². The molecule has 1 aliphatic heterocycles. The predicted molar refractivity (Wildman–Crippen MR) is 92.1 cm³/mol. The van der Waals surface area contributed by atoms with Crippen LogP contribution in [0.5, 0.6) is 5.75 Å². The molecule has 1 aromatic heterocycles. The van der Waals surface area contributed by atoms with Crippen molar-refractivity contribution in [1.82, 2.24) is 20.2 Å². The number of anilines is 1. The van der Waals surface area contributed by atoms with E-state index in [-0.39, 0.29) is 5.91 Å². The molecule has 1 atom stereocenters. The summed E-state index contributed by atoms with van der Waals surface area (Å²) in [5, 5.41) is 6.24. The van der Waals surface area contributed by atoms with Crippen LogP contribution < -0.4 is 20.3 Å². The zero-order chi connectivity index (χ0) is 17.1. The number of hydrogen-bond acceptors (Lipinski definition) is 5. The number of rotatable bonds is 4. The Balaban J connectivity index is 1.71. The first-order chi connectivity index (χ1) is 11.6. The van der Waals surface area contributed by atoms with Gasteiger partial charge in [0.05, 0.1) is 18.4 Å². The van der Waals surface area contributed by atoms with Crippen LogP contribution in [-0.4, -0.2) is 42.7 Å². The van der Waals surface area contributed by atoms with Crippen molar-refractivity contribution in [3.63, 3.8) is 0 Å². The summed E-state index contributed by atoms with van der Waals surface area (Å²) in [5.74, 6) is 1.55. The highest BCUT2D eigenvalue weighted by molar-refractivity contribution is 5.84. The van der Waals surface area contributed by atoms with E-state index in [0.29, 0.717) is 19.7 Å². The largest absolute Gasteiger partial charge is 0.492 e. The molecular formula is C17H23N5O2. The molecule has 0 aliphatic carbocycles. The number of nitrogens with one attached hydrogen (secondary N) is 2. The van der Waals surface area contributed by atoms with Crippen LogP contribution in [0.4, 0.5) is 5.95 Å². The van der Waals surface area contributed by atoms with Crippen LogP contribution in [0, 0.1) is 0 Å². The van der Waals surface area contributed by atoms with E-state index in [9.17, 15) is 4.79 Å². The quantitative estimate of drug-likeness (QED) is 0.869. The van der Waals surface area contributed by atoms with Gasteiger partial charge in [0.15, 0.2) is 0 Å². The van der Waals surface area contributed by atoms with Crippen molar-refractivity contribution < 1.29 is 9.53 Å². The SMILES string of the molecule is CN(C)c1ncc(CNC(=O)C2NCCOc3ccccc32)n1C. The van der Waals surface area contributed by atoms with Gasteiger partial charge in [-0.05, 0) is 6.07 Å². The molecule has 1 aromatic carbocycles. The number of amides is 1. The first-order valence-electron chi connectivity index (χ1n) is 7.98. The average molecular weight is 329 g/mol. The molecule has 2 heterocycles. The highest BCUT2D eigenvalue weighted by Crippen LogP contribution is 2.27. The molecule has 2 N–H and O–H groups in total. The smallest absolute Gasteiger partial charge is 0.242 e. The van der Waals surface area contributed by atoms with E-state index < -0.39 is 6.04 Å². The van der Waals surface area contributed by atoms with E-state index in [0.717, 1.165) is 23.0 Å². The van der Waals surface area contributed by atoms with Crippen LogP contribution in [0.25, 0.3) is 0 Å². The number of nitrogens with zero attached hydrogens (tertiary/aromatic N) is 3. The Bertz CT molecular complexity index is 726. The molecule has 1 amide bonds. The number of carbonyl (C=O) groups is 1. The summed E-state index contributed by atoms with van der Waals surface area (Å²) >= 11 is 0. The topological polar surface area (TPSA) is 71.4 Å². The standard InChI is InChI=1S/C17H23N5O2/c1-21(2)17-20-11-12(22(17)3)10-19-16(23)15-13-6-4-5-7-14(13)24-9-8-18-15/h4-7,11,15,18H,8-10H2,1-3H3,(H,19,23). The van der Waals surface area contributed by atoms with Crippen LogP contribution in [0.2, 0.25) is 0 Å². The van der Waals surface area contributed by atoms with Crippen molar-refractivity contribution in [2.75, 3.05) is 32.1 Å². The van der Waals surface area contributed by atoms with Crippen molar-refractivity contribution in [2.24, 2.45) is 7.05 Å². The molecule has 24 heavy (non-hydrogen) atoms. The lowest BCUT2D eigenvalue weighted by atomic mass is 10.1. The lowest BCUT2D eigenvalue weighted by Gasteiger charge is -2.18. The number of ether oxygens (including phenoxy) is 1. The summed E-state index contributed by atoms with van der Waals surface area (Å²) in [6, 6.07) is 7.24. The Morgan fingerprint density at radius 2 is 2.25 bits per heavy atom. The van der Waals surface area contributed by atoms with Crippen molar-refractivity contribution in [3.05, 3.63) is 41.7 Å². The maximum Gasteiger partial charge on any atom is 0.242 e. The van der Waals surface area contributed by atoms with Gasteiger partial charge in [-0.1, -0.05) is 18.2 Å². The minimum absolute atomic E-state index is 0.0689. The number of para-hydroxylation sites is 1. The molecule has 0 saturated carbocycles. The van der Waals surface area contributed by atoms with E-state index in [1.165, 1.54) is 0 Å². The van der Waals surface area contributed by atoms with Crippen LogP contribution in [0.15, 0.2) is 30.5 Å². The fourth-order valence-electron chi connectivity index (χ4n) is 2.85. The predicted octanol–water partition coefficient (Wildman–Crippen LogP) is 0.826. The number of carbonyl (C=O) groups excluding carboxylic acids is 1. The summed E-state index contributed by atoms with van der Waals surface area (Å²) < 4.78 is 7.65. The molecular weight excluding hydrogens is 306 g/mol. The third kappa shape index (κ3) is 3.21. The van der Waals surface area contributed by atoms with Gasteiger partial charge < -0.3 is 19.5 Å². The van der Waals surface area contributed by atoms with Crippen molar-refractivity contribution in [1.29, 1.82) is 0 Å². The lowest BCUT2D eigenvalue weighted by Crippen LogP contribution is -2.37. The van der Waals surface area contributed by atoms with Gasteiger partial charge in [0.1, 0.15) is 18.4 Å². The molecule has 0 saturated heterocycles. The van der Waals surface area contributed by atoms with Crippen LogP contribution in [0.1, 0.15) is 17.3 Å². The Kier molecular flexibility index (Phi) is 4.71. The fourth-order valence-corrected chi connectivity index (χ4v) is 2.85. The minimum Gasteiger partial charge on any atom is -0.492 e. The van der Waals surface area contributed by atoms with Crippen LogP contribution >= 0.6 is 0 Å². The molecule has 1 unspecified atom stereocenters. The number of hydrogen-bond donors (Lipinski definition) is 2. The number of imidazole rings is 1. The van der Waals surface area contributed by atoms with E-state index in [1.54, 1.807) is 6.20 Å². The van der Waals surface area contributed by atoms with Crippen LogP contribution in [-0.2, 0) is 18.4 Å². The Hall–Kier alpha value is -2.54. The Labute approximate surface area is 141 Å². The second-order valence-electron chi connectivity index (χ2n) is 5.99. The second kappa shape index (κ2) is 6.92. The van der Waals surface area contributed by atoms with Gasteiger partial charge in [-0.2, -0.15) is 0 Å². The van der Waals surface area contributed by atoms with Crippen molar-refractivity contribution in [3.8, 4) is 5.75 Å². The number of fused-ring (bicyclic) bond motifs is 1. The summed E-state index contributed by atoms with van der Waals surface area (Å²) in [5.41, 5.74) is 1.82. The Morgan fingerprint density at radius 3 is 3.00 bits per heavy atom.